The molecule has 2 N–H and O–H groups in total. The van der Waals surface area contributed by atoms with Gasteiger partial charge < -0.3 is 10.6 Å². The van der Waals surface area contributed by atoms with Gasteiger partial charge in [-0.25, -0.2) is 9.18 Å². The Labute approximate surface area is 158 Å². The monoisotopic (exact) mass is 398 g/mol. The standard InChI is InChI=1S/C19H18F4N2OS/c1-11(12-3-2-4-13(9-12)19(21,22)23)24-18(26)25-16-7-8-27-17-6-5-14(20)10-15(16)17/h2-6,9-11,16H,7-8H2,1H3,(H2,24,25,26). The molecule has 144 valence electrons. The summed E-state index contributed by atoms with van der Waals surface area (Å²) in [5.41, 5.74) is 0.307. The van der Waals surface area contributed by atoms with E-state index in [0.29, 0.717) is 17.5 Å². The first-order valence-electron chi connectivity index (χ1n) is 8.40. The van der Waals surface area contributed by atoms with Crippen LogP contribution in [0.1, 0.15) is 42.1 Å². The Morgan fingerprint density at radius 3 is 2.74 bits per heavy atom. The fraction of sp³-hybridized carbons (Fsp3) is 0.316. The molecule has 0 saturated heterocycles. The number of hydrogen-bond acceptors (Lipinski definition) is 2. The molecule has 0 fully saturated rings. The fourth-order valence-corrected chi connectivity index (χ4v) is 4.09. The molecule has 0 spiro atoms. The van der Waals surface area contributed by atoms with E-state index in [1.165, 1.54) is 24.3 Å². The van der Waals surface area contributed by atoms with Crippen molar-refractivity contribution in [3.05, 3.63) is 65.0 Å². The molecule has 2 amide bonds. The molecule has 1 aliphatic rings. The van der Waals surface area contributed by atoms with Gasteiger partial charge in [0.25, 0.3) is 0 Å². The van der Waals surface area contributed by atoms with E-state index in [1.54, 1.807) is 24.8 Å². The molecule has 0 aromatic heterocycles. The SMILES string of the molecule is CC(NC(=O)NC1CCSc2ccc(F)cc21)c1cccc(C(F)(F)F)c1. The van der Waals surface area contributed by atoms with Crippen LogP contribution in [0, 0.1) is 5.82 Å². The van der Waals surface area contributed by atoms with Crippen molar-refractivity contribution in [2.75, 3.05) is 5.75 Å². The van der Waals surface area contributed by atoms with Gasteiger partial charge in [-0.3, -0.25) is 0 Å². The minimum absolute atomic E-state index is 0.342. The predicted molar refractivity (Wildman–Crippen MR) is 96.0 cm³/mol. The third kappa shape index (κ3) is 4.74. The largest absolute Gasteiger partial charge is 0.416 e. The molecule has 0 radical (unpaired) electrons. The highest BCUT2D eigenvalue weighted by atomic mass is 32.2. The Hall–Kier alpha value is -2.22. The Kier molecular flexibility index (Phi) is 5.64. The summed E-state index contributed by atoms with van der Waals surface area (Å²) in [7, 11) is 0. The van der Waals surface area contributed by atoms with Crippen LogP contribution in [0.4, 0.5) is 22.4 Å². The highest BCUT2D eigenvalue weighted by Gasteiger charge is 2.31. The molecule has 8 heteroatoms. The maximum atomic E-state index is 13.5. The van der Waals surface area contributed by atoms with Crippen LogP contribution in [0.5, 0.6) is 0 Å². The van der Waals surface area contributed by atoms with Gasteiger partial charge in [-0.2, -0.15) is 13.2 Å². The Bertz CT molecular complexity index is 841. The molecule has 2 aromatic rings. The molecule has 1 aliphatic heterocycles. The highest BCUT2D eigenvalue weighted by Crippen LogP contribution is 2.36. The molecular weight excluding hydrogens is 380 g/mol. The van der Waals surface area contributed by atoms with E-state index >= 15 is 0 Å². The van der Waals surface area contributed by atoms with Gasteiger partial charge in [0.1, 0.15) is 5.82 Å². The van der Waals surface area contributed by atoms with Crippen molar-refractivity contribution in [2.24, 2.45) is 0 Å². The molecular formula is C19H18F4N2OS. The maximum absolute atomic E-state index is 13.5. The lowest BCUT2D eigenvalue weighted by Gasteiger charge is -2.27. The molecule has 3 nitrogen and oxygen atoms in total. The number of hydrogen-bond donors (Lipinski definition) is 2. The van der Waals surface area contributed by atoms with E-state index in [-0.39, 0.29) is 11.9 Å². The van der Waals surface area contributed by atoms with Crippen molar-refractivity contribution < 1.29 is 22.4 Å². The number of urea groups is 1. The Morgan fingerprint density at radius 2 is 2.00 bits per heavy atom. The van der Waals surface area contributed by atoms with Gasteiger partial charge in [0.15, 0.2) is 0 Å². The number of rotatable bonds is 3. The van der Waals surface area contributed by atoms with Crippen molar-refractivity contribution in [3.8, 4) is 0 Å². The van der Waals surface area contributed by atoms with Gasteiger partial charge in [-0.15, -0.1) is 11.8 Å². The highest BCUT2D eigenvalue weighted by molar-refractivity contribution is 7.99. The number of alkyl halides is 3. The summed E-state index contributed by atoms with van der Waals surface area (Å²) in [6.45, 7) is 1.61. The lowest BCUT2D eigenvalue weighted by molar-refractivity contribution is -0.137. The summed E-state index contributed by atoms with van der Waals surface area (Å²) in [6.07, 6.45) is -3.79. The number of amides is 2. The number of halogens is 4. The number of nitrogens with one attached hydrogen (secondary N) is 2. The second kappa shape index (κ2) is 7.80. The van der Waals surface area contributed by atoms with E-state index in [4.69, 9.17) is 0 Å². The van der Waals surface area contributed by atoms with Crippen LogP contribution in [0.25, 0.3) is 0 Å². The smallest absolute Gasteiger partial charge is 0.332 e. The van der Waals surface area contributed by atoms with Crippen molar-refractivity contribution >= 4 is 17.8 Å². The lowest BCUT2D eigenvalue weighted by Crippen LogP contribution is -2.40. The maximum Gasteiger partial charge on any atom is 0.416 e. The molecule has 2 aromatic carbocycles. The number of carbonyl (C=O) groups excluding carboxylic acids is 1. The second-order valence-electron chi connectivity index (χ2n) is 6.33. The van der Waals surface area contributed by atoms with Crippen LogP contribution in [0.3, 0.4) is 0 Å². The third-order valence-corrected chi connectivity index (χ3v) is 5.50. The second-order valence-corrected chi connectivity index (χ2v) is 7.47. The zero-order valence-electron chi connectivity index (χ0n) is 14.4. The minimum atomic E-state index is -4.44. The van der Waals surface area contributed by atoms with E-state index in [0.717, 1.165) is 22.8 Å². The zero-order valence-corrected chi connectivity index (χ0v) is 15.3. The van der Waals surface area contributed by atoms with Crippen LogP contribution in [-0.4, -0.2) is 11.8 Å². The van der Waals surface area contributed by atoms with E-state index in [9.17, 15) is 22.4 Å². The first-order valence-corrected chi connectivity index (χ1v) is 9.39. The summed E-state index contributed by atoms with van der Waals surface area (Å²) in [4.78, 5) is 13.2. The van der Waals surface area contributed by atoms with Crippen molar-refractivity contribution in [3.63, 3.8) is 0 Å². The zero-order chi connectivity index (χ0) is 19.6. The van der Waals surface area contributed by atoms with Crippen LogP contribution in [0.15, 0.2) is 47.4 Å². The minimum Gasteiger partial charge on any atom is -0.332 e. The molecule has 2 unspecified atom stereocenters. The molecule has 1 heterocycles. The van der Waals surface area contributed by atoms with Crippen molar-refractivity contribution in [2.45, 2.75) is 36.5 Å². The molecule has 0 saturated carbocycles. The number of fused-ring (bicyclic) bond motifs is 1. The molecule has 27 heavy (non-hydrogen) atoms. The van der Waals surface area contributed by atoms with Gasteiger partial charge in [0.05, 0.1) is 17.6 Å². The first-order chi connectivity index (χ1) is 12.7. The van der Waals surface area contributed by atoms with Crippen LogP contribution >= 0.6 is 11.8 Å². The number of benzene rings is 2. The molecule has 2 atom stereocenters. The van der Waals surface area contributed by atoms with Gasteiger partial charge in [0.2, 0.25) is 0 Å². The summed E-state index contributed by atoms with van der Waals surface area (Å²) in [5.74, 6) is 0.410. The molecule has 3 rings (SSSR count). The Morgan fingerprint density at radius 1 is 1.22 bits per heavy atom. The predicted octanol–water partition coefficient (Wildman–Crippen LogP) is 5.44. The number of thioether (sulfide) groups is 1. The molecule has 0 aliphatic carbocycles. The quantitative estimate of drug-likeness (QED) is 0.676. The summed E-state index contributed by atoms with van der Waals surface area (Å²) >= 11 is 1.60. The van der Waals surface area contributed by atoms with Crippen molar-refractivity contribution in [1.29, 1.82) is 0 Å². The summed E-state index contributed by atoms with van der Waals surface area (Å²) in [6, 6.07) is 7.86. The third-order valence-electron chi connectivity index (χ3n) is 4.38. The van der Waals surface area contributed by atoms with Crippen LogP contribution in [-0.2, 0) is 6.18 Å². The van der Waals surface area contributed by atoms with Crippen LogP contribution < -0.4 is 10.6 Å². The average Bonchev–Trinajstić information content (AvgIpc) is 2.61. The van der Waals surface area contributed by atoms with Crippen LogP contribution in [0.2, 0.25) is 0 Å². The lowest BCUT2D eigenvalue weighted by atomic mass is 10.0. The normalized spacial score (nSPS) is 17.7. The Balaban J connectivity index is 1.68. The van der Waals surface area contributed by atoms with Gasteiger partial charge in [-0.05, 0) is 54.8 Å². The van der Waals surface area contributed by atoms with Crippen molar-refractivity contribution in [1.82, 2.24) is 10.6 Å². The summed E-state index contributed by atoms with van der Waals surface area (Å²) < 4.78 is 52.1. The summed E-state index contributed by atoms with van der Waals surface area (Å²) in [5, 5.41) is 5.45. The van der Waals surface area contributed by atoms with E-state index in [1.807, 2.05) is 0 Å². The fourth-order valence-electron chi connectivity index (χ4n) is 2.98. The van der Waals surface area contributed by atoms with Gasteiger partial charge in [-0.1, -0.05) is 12.1 Å². The number of carbonyl (C=O) groups is 1. The first kappa shape index (κ1) is 19.5. The van der Waals surface area contributed by atoms with E-state index in [2.05, 4.69) is 10.6 Å². The molecule has 0 bridgehead atoms. The average molecular weight is 398 g/mol. The van der Waals surface area contributed by atoms with Gasteiger partial charge >= 0.3 is 12.2 Å². The van der Waals surface area contributed by atoms with Gasteiger partial charge in [0, 0.05) is 10.6 Å². The topological polar surface area (TPSA) is 41.1 Å². The van der Waals surface area contributed by atoms with E-state index < -0.39 is 23.8 Å².